The Balaban J connectivity index is 1.89. The van der Waals surface area contributed by atoms with Crippen molar-refractivity contribution in [2.24, 2.45) is 5.73 Å². The summed E-state index contributed by atoms with van der Waals surface area (Å²) in [6.45, 7) is 2.34. The minimum Gasteiger partial charge on any atom is -0.351 e. The van der Waals surface area contributed by atoms with E-state index in [0.29, 0.717) is 6.54 Å². The fourth-order valence-corrected chi connectivity index (χ4v) is 1.74. The van der Waals surface area contributed by atoms with E-state index in [-0.39, 0.29) is 12.5 Å². The molecule has 0 aliphatic carbocycles. The summed E-state index contributed by atoms with van der Waals surface area (Å²) in [6, 6.07) is -0.816. The number of imide groups is 1. The topological polar surface area (TPSA) is 93.2 Å². The van der Waals surface area contributed by atoms with Crippen molar-refractivity contribution in [3.8, 4) is 0 Å². The molecule has 0 unspecified atom stereocenters. The molecule has 2 rings (SSSR count). The highest BCUT2D eigenvalue weighted by Gasteiger charge is 2.18. The van der Waals surface area contributed by atoms with E-state index in [1.54, 1.807) is 6.20 Å². The van der Waals surface area contributed by atoms with Gasteiger partial charge >= 0.3 is 6.03 Å². The molecule has 86 valence electrons. The molecule has 1 aromatic rings. The molecule has 7 nitrogen and oxygen atoms in total. The number of carbonyl (C=O) groups excluding carboxylic acids is 2. The molecule has 0 atom stereocenters. The SMILES string of the molecule is NC(=O)NC(=O)CN1CCn2ccnc2C1. The van der Waals surface area contributed by atoms with Gasteiger partial charge in [-0.25, -0.2) is 9.78 Å². The van der Waals surface area contributed by atoms with Crippen molar-refractivity contribution >= 4 is 11.9 Å². The fourth-order valence-electron chi connectivity index (χ4n) is 1.74. The molecule has 0 radical (unpaired) electrons. The van der Waals surface area contributed by atoms with Crippen molar-refractivity contribution in [3.63, 3.8) is 0 Å². The van der Waals surface area contributed by atoms with Gasteiger partial charge in [-0.3, -0.25) is 15.0 Å². The molecular formula is C9H13N5O2. The lowest BCUT2D eigenvalue weighted by molar-refractivity contribution is -0.121. The van der Waals surface area contributed by atoms with Crippen molar-refractivity contribution in [2.75, 3.05) is 13.1 Å². The molecule has 0 fully saturated rings. The number of nitrogens with one attached hydrogen (secondary N) is 1. The number of carbonyl (C=O) groups is 2. The van der Waals surface area contributed by atoms with E-state index in [4.69, 9.17) is 5.73 Å². The third kappa shape index (κ3) is 2.37. The maximum atomic E-state index is 11.3. The molecule has 0 saturated heterocycles. The maximum Gasteiger partial charge on any atom is 0.318 e. The van der Waals surface area contributed by atoms with Crippen LogP contribution in [0.15, 0.2) is 12.4 Å². The van der Waals surface area contributed by atoms with Crippen molar-refractivity contribution in [2.45, 2.75) is 13.1 Å². The van der Waals surface area contributed by atoms with E-state index in [2.05, 4.69) is 4.98 Å². The molecule has 0 bridgehead atoms. The molecule has 16 heavy (non-hydrogen) atoms. The van der Waals surface area contributed by atoms with Gasteiger partial charge in [0.25, 0.3) is 0 Å². The highest BCUT2D eigenvalue weighted by molar-refractivity contribution is 5.94. The van der Waals surface area contributed by atoms with Crippen LogP contribution in [0, 0.1) is 0 Å². The first-order valence-corrected chi connectivity index (χ1v) is 4.97. The maximum absolute atomic E-state index is 11.3. The van der Waals surface area contributed by atoms with E-state index in [9.17, 15) is 9.59 Å². The predicted octanol–water partition coefficient (Wildman–Crippen LogP) is -1.11. The minimum atomic E-state index is -0.816. The summed E-state index contributed by atoms with van der Waals surface area (Å²) in [6.07, 6.45) is 3.65. The Bertz CT molecular complexity index is 414. The lowest BCUT2D eigenvalue weighted by Gasteiger charge is -2.26. The first-order chi connectivity index (χ1) is 7.65. The summed E-state index contributed by atoms with van der Waals surface area (Å²) < 4.78 is 2.04. The van der Waals surface area contributed by atoms with Crippen LogP contribution < -0.4 is 11.1 Å². The van der Waals surface area contributed by atoms with Gasteiger partial charge in [0.05, 0.1) is 13.1 Å². The summed E-state index contributed by atoms with van der Waals surface area (Å²) in [5, 5.41) is 2.04. The number of amides is 3. The average molecular weight is 223 g/mol. The number of hydrogen-bond acceptors (Lipinski definition) is 4. The second kappa shape index (κ2) is 4.31. The molecular weight excluding hydrogens is 210 g/mol. The molecule has 0 spiro atoms. The van der Waals surface area contributed by atoms with Gasteiger partial charge in [0.1, 0.15) is 5.82 Å². The Labute approximate surface area is 92.2 Å². The van der Waals surface area contributed by atoms with Crippen LogP contribution >= 0.6 is 0 Å². The van der Waals surface area contributed by atoms with Gasteiger partial charge in [-0.05, 0) is 0 Å². The quantitative estimate of drug-likeness (QED) is 0.665. The zero-order valence-corrected chi connectivity index (χ0v) is 8.72. The summed E-state index contributed by atoms with van der Waals surface area (Å²) >= 11 is 0. The van der Waals surface area contributed by atoms with E-state index in [1.165, 1.54) is 0 Å². The Kier molecular flexibility index (Phi) is 2.86. The molecule has 3 amide bonds. The van der Waals surface area contributed by atoms with Crippen LogP contribution in [0.25, 0.3) is 0 Å². The van der Waals surface area contributed by atoms with Crippen LogP contribution in [0.1, 0.15) is 5.82 Å². The van der Waals surface area contributed by atoms with Gasteiger partial charge in [0.15, 0.2) is 0 Å². The number of hydrogen-bond donors (Lipinski definition) is 2. The Hall–Kier alpha value is -1.89. The molecule has 0 saturated carbocycles. The smallest absolute Gasteiger partial charge is 0.318 e. The number of urea groups is 1. The van der Waals surface area contributed by atoms with E-state index < -0.39 is 6.03 Å². The van der Waals surface area contributed by atoms with Crippen molar-refractivity contribution in [1.29, 1.82) is 0 Å². The zero-order valence-electron chi connectivity index (χ0n) is 8.72. The lowest BCUT2D eigenvalue weighted by Crippen LogP contribution is -2.44. The van der Waals surface area contributed by atoms with Gasteiger partial charge in [-0.15, -0.1) is 0 Å². The number of imidazole rings is 1. The average Bonchev–Trinajstić information content (AvgIpc) is 2.63. The Morgan fingerprint density at radius 1 is 1.50 bits per heavy atom. The van der Waals surface area contributed by atoms with Crippen LogP contribution in [0.2, 0.25) is 0 Å². The summed E-state index contributed by atoms with van der Waals surface area (Å²) in [7, 11) is 0. The number of nitrogens with zero attached hydrogens (tertiary/aromatic N) is 3. The van der Waals surface area contributed by atoms with E-state index in [0.717, 1.165) is 18.9 Å². The number of rotatable bonds is 2. The van der Waals surface area contributed by atoms with Crippen LogP contribution in [-0.4, -0.2) is 39.5 Å². The highest BCUT2D eigenvalue weighted by Crippen LogP contribution is 2.09. The molecule has 2 heterocycles. The number of aromatic nitrogens is 2. The highest BCUT2D eigenvalue weighted by atomic mass is 16.2. The minimum absolute atomic E-state index is 0.162. The van der Waals surface area contributed by atoms with Crippen LogP contribution in [0.4, 0.5) is 4.79 Å². The van der Waals surface area contributed by atoms with Gasteiger partial charge in [-0.2, -0.15) is 0 Å². The lowest BCUT2D eigenvalue weighted by atomic mass is 10.3. The number of fused-ring (bicyclic) bond motifs is 1. The Morgan fingerprint density at radius 2 is 2.31 bits per heavy atom. The predicted molar refractivity (Wildman–Crippen MR) is 55.2 cm³/mol. The largest absolute Gasteiger partial charge is 0.351 e. The third-order valence-electron chi connectivity index (χ3n) is 2.45. The Morgan fingerprint density at radius 3 is 3.06 bits per heavy atom. The van der Waals surface area contributed by atoms with Gasteiger partial charge < -0.3 is 10.3 Å². The molecule has 0 aromatic carbocycles. The van der Waals surface area contributed by atoms with Crippen LogP contribution in [-0.2, 0) is 17.9 Å². The number of primary amides is 1. The summed E-state index contributed by atoms with van der Waals surface area (Å²) in [5.74, 6) is 0.547. The normalized spacial score (nSPS) is 15.5. The van der Waals surface area contributed by atoms with E-state index in [1.807, 2.05) is 21.0 Å². The first-order valence-electron chi connectivity index (χ1n) is 4.97. The van der Waals surface area contributed by atoms with Crippen molar-refractivity contribution < 1.29 is 9.59 Å². The zero-order chi connectivity index (χ0) is 11.5. The molecule has 1 aliphatic rings. The van der Waals surface area contributed by atoms with Crippen molar-refractivity contribution in [1.82, 2.24) is 19.8 Å². The van der Waals surface area contributed by atoms with Crippen LogP contribution in [0.3, 0.4) is 0 Å². The van der Waals surface area contributed by atoms with Crippen molar-refractivity contribution in [3.05, 3.63) is 18.2 Å². The molecule has 1 aromatic heterocycles. The molecule has 1 aliphatic heterocycles. The second-order valence-electron chi connectivity index (χ2n) is 3.66. The standard InChI is InChI=1S/C9H13N5O2/c10-9(16)12-8(15)6-13-3-4-14-2-1-11-7(14)5-13/h1-2H,3-6H2,(H3,10,12,15,16). The van der Waals surface area contributed by atoms with Crippen LogP contribution in [0.5, 0.6) is 0 Å². The van der Waals surface area contributed by atoms with E-state index >= 15 is 0 Å². The monoisotopic (exact) mass is 223 g/mol. The van der Waals surface area contributed by atoms with Gasteiger partial charge in [0.2, 0.25) is 5.91 Å². The third-order valence-corrected chi connectivity index (χ3v) is 2.45. The second-order valence-corrected chi connectivity index (χ2v) is 3.66. The molecule has 7 heteroatoms. The molecule has 3 N–H and O–H groups in total. The fraction of sp³-hybridized carbons (Fsp3) is 0.444. The summed E-state index contributed by atoms with van der Waals surface area (Å²) in [5.41, 5.74) is 4.85. The van der Waals surface area contributed by atoms with Gasteiger partial charge in [-0.1, -0.05) is 0 Å². The summed E-state index contributed by atoms with van der Waals surface area (Å²) in [4.78, 5) is 27.8. The first kappa shape index (κ1) is 10.6. The van der Waals surface area contributed by atoms with Gasteiger partial charge in [0, 0.05) is 25.5 Å². The number of nitrogens with two attached hydrogens (primary N) is 1.